The van der Waals surface area contributed by atoms with E-state index in [1.54, 1.807) is 43.0 Å². The topological polar surface area (TPSA) is 65.5 Å². The third-order valence-corrected chi connectivity index (χ3v) is 3.81. The first-order valence-electron chi connectivity index (χ1n) is 7.15. The number of piperazine rings is 1. The molecule has 21 heavy (non-hydrogen) atoms. The predicted molar refractivity (Wildman–Crippen MR) is 81.2 cm³/mol. The van der Waals surface area contributed by atoms with Gasteiger partial charge in [0.25, 0.3) is 5.91 Å². The number of anilines is 1. The lowest BCUT2D eigenvalue weighted by atomic mass is 9.97. The fraction of sp³-hybridized carbons (Fsp3) is 0.533. The maximum absolute atomic E-state index is 12.7. The molecule has 0 atom stereocenters. The summed E-state index contributed by atoms with van der Waals surface area (Å²) in [7, 11) is 1.76. The Morgan fingerprint density at radius 3 is 2.81 bits per heavy atom. The van der Waals surface area contributed by atoms with Gasteiger partial charge in [-0.3, -0.25) is 14.6 Å². The SMILES string of the molecule is CCNc1ccnc(C(=O)N2CCN(C)C(=O)C2(C)C)c1. The molecule has 2 rings (SSSR count). The Balaban J connectivity index is 2.27. The Bertz CT molecular complexity index is 556. The van der Waals surface area contributed by atoms with Crippen molar-refractivity contribution in [2.24, 2.45) is 0 Å². The molecule has 0 spiro atoms. The molecule has 0 saturated carbocycles. The lowest BCUT2D eigenvalue weighted by Gasteiger charge is -2.44. The van der Waals surface area contributed by atoms with Crippen molar-refractivity contribution in [1.82, 2.24) is 14.8 Å². The van der Waals surface area contributed by atoms with Crippen molar-refractivity contribution in [1.29, 1.82) is 0 Å². The van der Waals surface area contributed by atoms with E-state index in [9.17, 15) is 9.59 Å². The summed E-state index contributed by atoms with van der Waals surface area (Å²) in [6, 6.07) is 3.55. The normalized spacial score (nSPS) is 17.8. The number of hydrogen-bond donors (Lipinski definition) is 1. The Hall–Kier alpha value is -2.11. The van der Waals surface area contributed by atoms with Crippen LogP contribution in [0.25, 0.3) is 0 Å². The van der Waals surface area contributed by atoms with Crippen LogP contribution in [-0.4, -0.2) is 58.8 Å². The second-order valence-electron chi connectivity index (χ2n) is 5.70. The quantitative estimate of drug-likeness (QED) is 0.908. The zero-order valence-electron chi connectivity index (χ0n) is 13.0. The van der Waals surface area contributed by atoms with E-state index < -0.39 is 5.54 Å². The van der Waals surface area contributed by atoms with Crippen LogP contribution >= 0.6 is 0 Å². The first-order chi connectivity index (χ1) is 9.87. The zero-order valence-corrected chi connectivity index (χ0v) is 13.0. The summed E-state index contributed by atoms with van der Waals surface area (Å²) in [5.74, 6) is -0.258. The minimum Gasteiger partial charge on any atom is -0.385 e. The molecule has 1 aliphatic heterocycles. The Morgan fingerprint density at radius 2 is 2.14 bits per heavy atom. The number of nitrogens with zero attached hydrogens (tertiary/aromatic N) is 3. The summed E-state index contributed by atoms with van der Waals surface area (Å²) in [6.07, 6.45) is 1.61. The smallest absolute Gasteiger partial charge is 0.273 e. The van der Waals surface area contributed by atoms with Gasteiger partial charge in [0, 0.05) is 38.6 Å². The number of likely N-dealkylation sites (N-methyl/N-ethyl adjacent to an activating group) is 1. The second kappa shape index (κ2) is 5.71. The van der Waals surface area contributed by atoms with Gasteiger partial charge in [-0.2, -0.15) is 0 Å². The predicted octanol–water partition coefficient (Wildman–Crippen LogP) is 1.21. The van der Waals surface area contributed by atoms with Gasteiger partial charge in [-0.05, 0) is 32.9 Å². The van der Waals surface area contributed by atoms with Crippen LogP contribution in [0.15, 0.2) is 18.3 Å². The third kappa shape index (κ3) is 2.84. The van der Waals surface area contributed by atoms with Crippen LogP contribution in [0.2, 0.25) is 0 Å². The van der Waals surface area contributed by atoms with Gasteiger partial charge in [-0.1, -0.05) is 0 Å². The largest absolute Gasteiger partial charge is 0.385 e. The van der Waals surface area contributed by atoms with E-state index in [0.29, 0.717) is 18.8 Å². The number of nitrogens with one attached hydrogen (secondary N) is 1. The van der Waals surface area contributed by atoms with E-state index in [2.05, 4.69) is 10.3 Å². The van der Waals surface area contributed by atoms with Gasteiger partial charge < -0.3 is 15.1 Å². The van der Waals surface area contributed by atoms with E-state index >= 15 is 0 Å². The van der Waals surface area contributed by atoms with Gasteiger partial charge in [0.2, 0.25) is 5.91 Å². The molecule has 0 bridgehead atoms. The molecule has 0 radical (unpaired) electrons. The number of pyridine rings is 1. The summed E-state index contributed by atoms with van der Waals surface area (Å²) in [5.41, 5.74) is 0.368. The molecule has 1 saturated heterocycles. The molecular formula is C15H22N4O2. The maximum atomic E-state index is 12.7. The average molecular weight is 290 g/mol. The van der Waals surface area contributed by atoms with E-state index in [4.69, 9.17) is 0 Å². The van der Waals surface area contributed by atoms with Crippen molar-refractivity contribution in [3.05, 3.63) is 24.0 Å². The molecule has 1 N–H and O–H groups in total. The number of aromatic nitrogens is 1. The molecule has 2 heterocycles. The molecular weight excluding hydrogens is 268 g/mol. The van der Waals surface area contributed by atoms with Crippen molar-refractivity contribution in [2.75, 3.05) is 32.0 Å². The second-order valence-corrected chi connectivity index (χ2v) is 5.70. The minimum absolute atomic E-state index is 0.0510. The van der Waals surface area contributed by atoms with E-state index in [0.717, 1.165) is 12.2 Å². The Labute approximate surface area is 125 Å². The van der Waals surface area contributed by atoms with Gasteiger partial charge >= 0.3 is 0 Å². The van der Waals surface area contributed by atoms with Crippen molar-refractivity contribution in [3.8, 4) is 0 Å². The minimum atomic E-state index is -0.847. The van der Waals surface area contributed by atoms with Crippen LogP contribution in [0.4, 0.5) is 5.69 Å². The molecule has 1 aliphatic rings. The fourth-order valence-electron chi connectivity index (χ4n) is 2.57. The molecule has 0 unspecified atom stereocenters. The van der Waals surface area contributed by atoms with Crippen molar-refractivity contribution < 1.29 is 9.59 Å². The first-order valence-corrected chi connectivity index (χ1v) is 7.15. The molecule has 6 nitrogen and oxygen atoms in total. The molecule has 114 valence electrons. The molecule has 2 amide bonds. The Morgan fingerprint density at radius 1 is 1.43 bits per heavy atom. The summed E-state index contributed by atoms with van der Waals surface area (Å²) in [6.45, 7) is 7.37. The van der Waals surface area contributed by atoms with Crippen LogP contribution in [0.1, 0.15) is 31.3 Å². The average Bonchev–Trinajstić information content (AvgIpc) is 2.45. The number of hydrogen-bond acceptors (Lipinski definition) is 4. The summed E-state index contributed by atoms with van der Waals surface area (Å²) in [4.78, 5) is 32.4. The van der Waals surface area contributed by atoms with E-state index in [1.807, 2.05) is 13.0 Å². The molecule has 1 aromatic rings. The highest BCUT2D eigenvalue weighted by Gasteiger charge is 2.43. The zero-order chi connectivity index (χ0) is 15.6. The Kier molecular flexibility index (Phi) is 4.16. The highest BCUT2D eigenvalue weighted by atomic mass is 16.2. The van der Waals surface area contributed by atoms with Gasteiger partial charge in [0.15, 0.2) is 0 Å². The van der Waals surface area contributed by atoms with Crippen molar-refractivity contribution >= 4 is 17.5 Å². The number of carbonyl (C=O) groups is 2. The maximum Gasteiger partial charge on any atom is 0.273 e. The van der Waals surface area contributed by atoms with Crippen molar-refractivity contribution in [2.45, 2.75) is 26.3 Å². The molecule has 0 aliphatic carbocycles. The van der Waals surface area contributed by atoms with Gasteiger partial charge in [0.05, 0.1) is 0 Å². The number of rotatable bonds is 3. The molecule has 6 heteroatoms. The number of carbonyl (C=O) groups excluding carboxylic acids is 2. The molecule has 1 fully saturated rings. The van der Waals surface area contributed by atoms with Crippen LogP contribution in [0, 0.1) is 0 Å². The molecule has 1 aromatic heterocycles. The van der Waals surface area contributed by atoms with Gasteiger partial charge in [0.1, 0.15) is 11.2 Å². The lowest BCUT2D eigenvalue weighted by Crippen LogP contribution is -2.63. The monoisotopic (exact) mass is 290 g/mol. The lowest BCUT2D eigenvalue weighted by molar-refractivity contribution is -0.144. The fourth-order valence-corrected chi connectivity index (χ4v) is 2.57. The van der Waals surface area contributed by atoms with E-state index in [1.165, 1.54) is 0 Å². The van der Waals surface area contributed by atoms with Crippen LogP contribution < -0.4 is 5.32 Å². The standard InChI is InChI=1S/C15H22N4O2/c1-5-16-11-6-7-17-12(10-11)13(20)19-9-8-18(4)14(21)15(19,2)3/h6-7,10H,5,8-9H2,1-4H3,(H,16,17). The molecule has 0 aromatic carbocycles. The van der Waals surface area contributed by atoms with Gasteiger partial charge in [-0.25, -0.2) is 0 Å². The van der Waals surface area contributed by atoms with Crippen LogP contribution in [0.5, 0.6) is 0 Å². The highest BCUT2D eigenvalue weighted by Crippen LogP contribution is 2.24. The van der Waals surface area contributed by atoms with Crippen LogP contribution in [-0.2, 0) is 4.79 Å². The first kappa shape index (κ1) is 15.3. The third-order valence-electron chi connectivity index (χ3n) is 3.81. The number of amides is 2. The van der Waals surface area contributed by atoms with E-state index in [-0.39, 0.29) is 11.8 Å². The summed E-state index contributed by atoms with van der Waals surface area (Å²) < 4.78 is 0. The summed E-state index contributed by atoms with van der Waals surface area (Å²) in [5, 5.41) is 3.16. The van der Waals surface area contributed by atoms with Crippen molar-refractivity contribution in [3.63, 3.8) is 0 Å². The highest BCUT2D eigenvalue weighted by molar-refractivity contribution is 5.98. The summed E-state index contributed by atoms with van der Waals surface area (Å²) >= 11 is 0. The van der Waals surface area contributed by atoms with Crippen LogP contribution in [0.3, 0.4) is 0 Å². The van der Waals surface area contributed by atoms with Gasteiger partial charge in [-0.15, -0.1) is 0 Å².